The van der Waals surface area contributed by atoms with E-state index < -0.39 is 33.7 Å². The van der Waals surface area contributed by atoms with Gasteiger partial charge in [0.2, 0.25) is 10.0 Å². The molecule has 0 aliphatic carbocycles. The van der Waals surface area contributed by atoms with Crippen LogP contribution in [-0.2, 0) is 20.4 Å². The maximum Gasteiger partial charge on any atom is 0.573 e. The average Bonchev–Trinajstić information content (AvgIpc) is 2.93. The lowest BCUT2D eigenvalue weighted by Gasteiger charge is -2.38. The summed E-state index contributed by atoms with van der Waals surface area (Å²) in [7, 11) is -4.00. The lowest BCUT2D eigenvalue weighted by molar-refractivity contribution is -0.274. The van der Waals surface area contributed by atoms with Crippen LogP contribution in [0.3, 0.4) is 0 Å². The fourth-order valence-electron chi connectivity index (χ4n) is 3.80. The first-order valence-corrected chi connectivity index (χ1v) is 10.2. The molecule has 0 aromatic heterocycles. The summed E-state index contributed by atoms with van der Waals surface area (Å²) < 4.78 is 73.6. The van der Waals surface area contributed by atoms with Gasteiger partial charge in [-0.05, 0) is 43.2 Å². The molecule has 1 atom stereocenters. The quantitative estimate of drug-likeness (QED) is 0.702. The number of benzene rings is 2. The van der Waals surface area contributed by atoms with E-state index >= 15 is 0 Å². The number of alkyl halides is 3. The molecule has 4 rings (SSSR count). The van der Waals surface area contributed by atoms with Crippen LogP contribution in [0.25, 0.3) is 0 Å². The third kappa shape index (κ3) is 3.58. The Labute approximate surface area is 164 Å². The summed E-state index contributed by atoms with van der Waals surface area (Å²) in [6.07, 6.45) is -3.91. The monoisotopic (exact) mass is 427 g/mol. The van der Waals surface area contributed by atoms with Gasteiger partial charge in [0.25, 0.3) is 0 Å². The van der Waals surface area contributed by atoms with E-state index in [9.17, 15) is 26.4 Å². The van der Waals surface area contributed by atoms with Gasteiger partial charge in [-0.1, -0.05) is 18.2 Å². The maximum absolute atomic E-state index is 13.0. The van der Waals surface area contributed by atoms with Gasteiger partial charge >= 0.3 is 12.3 Å². The Balaban J connectivity index is 1.61. The van der Waals surface area contributed by atoms with Crippen molar-refractivity contribution >= 4 is 16.0 Å². The molecule has 0 N–H and O–H groups in total. The molecular formula is C19H16F3NO5S. The summed E-state index contributed by atoms with van der Waals surface area (Å²) in [5, 5.41) is 0. The molecule has 0 radical (unpaired) electrons. The number of esters is 1. The first kappa shape index (κ1) is 19.7. The van der Waals surface area contributed by atoms with E-state index in [1.165, 1.54) is 4.31 Å². The minimum Gasteiger partial charge on any atom is -0.449 e. The van der Waals surface area contributed by atoms with E-state index in [1.807, 2.05) is 0 Å². The van der Waals surface area contributed by atoms with Crippen molar-refractivity contribution < 1.29 is 35.9 Å². The van der Waals surface area contributed by atoms with Crippen LogP contribution in [0.4, 0.5) is 13.2 Å². The molecule has 0 saturated carbocycles. The molecule has 1 spiro atoms. The zero-order valence-corrected chi connectivity index (χ0v) is 15.8. The minimum absolute atomic E-state index is 0.0567. The number of carbonyl (C=O) groups excluding carboxylic acids is 1. The van der Waals surface area contributed by atoms with Crippen molar-refractivity contribution in [2.45, 2.75) is 29.7 Å². The minimum atomic E-state index is -4.86. The van der Waals surface area contributed by atoms with Gasteiger partial charge < -0.3 is 9.47 Å². The molecule has 2 aromatic carbocycles. The van der Waals surface area contributed by atoms with Crippen molar-refractivity contribution in [1.29, 1.82) is 0 Å². The summed E-state index contributed by atoms with van der Waals surface area (Å²) in [4.78, 5) is 12.1. The molecule has 154 valence electrons. The molecule has 1 saturated heterocycles. The van der Waals surface area contributed by atoms with Gasteiger partial charge in [0.05, 0.1) is 17.0 Å². The van der Waals surface area contributed by atoms with E-state index in [0.717, 1.165) is 24.3 Å². The summed E-state index contributed by atoms with van der Waals surface area (Å²) in [5.41, 5.74) is 0.0115. The van der Waals surface area contributed by atoms with E-state index in [4.69, 9.17) is 4.74 Å². The molecule has 2 aliphatic rings. The number of ether oxygens (including phenoxy) is 2. The lowest BCUT2D eigenvalue weighted by Crippen LogP contribution is -2.48. The zero-order chi connectivity index (χ0) is 20.9. The largest absolute Gasteiger partial charge is 0.573 e. The van der Waals surface area contributed by atoms with Gasteiger partial charge in [0, 0.05) is 12.1 Å². The number of carbonyl (C=O) groups is 1. The van der Waals surface area contributed by atoms with Crippen molar-refractivity contribution in [3.8, 4) is 5.75 Å². The molecule has 2 aliphatic heterocycles. The van der Waals surface area contributed by atoms with Crippen LogP contribution < -0.4 is 4.74 Å². The second kappa shape index (κ2) is 6.74. The van der Waals surface area contributed by atoms with Crippen LogP contribution in [0.15, 0.2) is 53.4 Å². The molecule has 6 nitrogen and oxygen atoms in total. The highest BCUT2D eigenvalue weighted by atomic mass is 32.2. The Morgan fingerprint density at radius 3 is 2.45 bits per heavy atom. The molecule has 2 heterocycles. The Morgan fingerprint density at radius 2 is 1.76 bits per heavy atom. The highest BCUT2D eigenvalue weighted by molar-refractivity contribution is 7.89. The van der Waals surface area contributed by atoms with E-state index in [0.29, 0.717) is 24.0 Å². The maximum atomic E-state index is 13.0. The predicted molar refractivity (Wildman–Crippen MR) is 94.7 cm³/mol. The second-order valence-electron chi connectivity index (χ2n) is 6.89. The van der Waals surface area contributed by atoms with E-state index in [1.54, 1.807) is 24.3 Å². The van der Waals surface area contributed by atoms with Crippen molar-refractivity contribution in [3.05, 3.63) is 59.7 Å². The number of hydrogen-bond donors (Lipinski definition) is 0. The third-order valence-electron chi connectivity index (χ3n) is 5.04. The fraction of sp³-hybridized carbons (Fsp3) is 0.316. The lowest BCUT2D eigenvalue weighted by atomic mass is 9.86. The van der Waals surface area contributed by atoms with Crippen molar-refractivity contribution in [3.63, 3.8) is 0 Å². The van der Waals surface area contributed by atoms with Crippen LogP contribution in [0.1, 0.15) is 28.8 Å². The number of hydrogen-bond acceptors (Lipinski definition) is 5. The van der Waals surface area contributed by atoms with Gasteiger partial charge in [-0.2, -0.15) is 4.31 Å². The van der Waals surface area contributed by atoms with Crippen LogP contribution in [0.5, 0.6) is 5.75 Å². The third-order valence-corrected chi connectivity index (χ3v) is 6.90. The van der Waals surface area contributed by atoms with Gasteiger partial charge in [-0.25, -0.2) is 13.2 Å². The molecule has 0 amide bonds. The highest BCUT2D eigenvalue weighted by Gasteiger charge is 2.50. The highest BCUT2D eigenvalue weighted by Crippen LogP contribution is 2.43. The summed E-state index contributed by atoms with van der Waals surface area (Å²) in [5.74, 6) is -1.00. The number of rotatable bonds is 3. The first-order valence-electron chi connectivity index (χ1n) is 8.80. The number of sulfonamides is 1. The first-order chi connectivity index (χ1) is 13.6. The normalized spacial score (nSPS) is 22.4. The topological polar surface area (TPSA) is 72.9 Å². The average molecular weight is 427 g/mol. The van der Waals surface area contributed by atoms with Crippen LogP contribution in [0.2, 0.25) is 0 Å². The molecule has 0 unspecified atom stereocenters. The number of nitrogens with zero attached hydrogens (tertiary/aromatic N) is 1. The van der Waals surface area contributed by atoms with Crippen molar-refractivity contribution in [2.24, 2.45) is 0 Å². The van der Waals surface area contributed by atoms with Crippen LogP contribution >= 0.6 is 0 Å². The smallest absolute Gasteiger partial charge is 0.449 e. The van der Waals surface area contributed by atoms with Crippen molar-refractivity contribution in [1.82, 2.24) is 4.31 Å². The van der Waals surface area contributed by atoms with Gasteiger partial charge in [-0.3, -0.25) is 0 Å². The zero-order valence-electron chi connectivity index (χ0n) is 15.0. The SMILES string of the molecule is O=C1O[C@@]2(CCCN(S(=O)(=O)c3ccc(OC(F)(F)F)cc3)C2)c2ccccc21. The van der Waals surface area contributed by atoms with Crippen molar-refractivity contribution in [2.75, 3.05) is 13.1 Å². The van der Waals surface area contributed by atoms with Gasteiger partial charge in [0.1, 0.15) is 5.75 Å². The van der Waals surface area contributed by atoms with Gasteiger partial charge in [0.15, 0.2) is 5.60 Å². The van der Waals surface area contributed by atoms with Crippen LogP contribution in [-0.4, -0.2) is 38.1 Å². The molecule has 10 heteroatoms. The standard InChI is InChI=1S/C19H16F3NO5S/c20-19(21,22)27-13-6-8-14(9-7-13)29(25,26)23-11-3-10-18(12-23)16-5-2-1-4-15(16)17(24)28-18/h1-2,4-9H,3,10-12H2/t18-/m1/s1. The predicted octanol–water partition coefficient (Wildman–Crippen LogP) is 3.44. The van der Waals surface area contributed by atoms with E-state index in [2.05, 4.69) is 4.74 Å². The second-order valence-corrected chi connectivity index (χ2v) is 8.83. The summed E-state index contributed by atoms with van der Waals surface area (Å²) in [6, 6.07) is 10.9. The Kier molecular flexibility index (Phi) is 4.58. The van der Waals surface area contributed by atoms with Crippen LogP contribution in [0, 0.1) is 0 Å². The Bertz CT molecular complexity index is 1050. The van der Waals surface area contributed by atoms with E-state index in [-0.39, 0.29) is 18.0 Å². The molecule has 2 aromatic rings. The molecular weight excluding hydrogens is 411 g/mol. The molecule has 1 fully saturated rings. The molecule has 29 heavy (non-hydrogen) atoms. The van der Waals surface area contributed by atoms with Gasteiger partial charge in [-0.15, -0.1) is 13.2 Å². The number of piperidine rings is 1. The number of fused-ring (bicyclic) bond motifs is 2. The number of halogens is 3. The fourth-order valence-corrected chi connectivity index (χ4v) is 5.33. The Hall–Kier alpha value is -2.59. The summed E-state index contributed by atoms with van der Waals surface area (Å²) in [6.45, 7) is 0.156. The molecule has 0 bridgehead atoms. The Morgan fingerprint density at radius 1 is 1.07 bits per heavy atom. The summed E-state index contributed by atoms with van der Waals surface area (Å²) >= 11 is 0.